The highest BCUT2D eigenvalue weighted by Gasteiger charge is 2.40. The Hall–Kier alpha value is -1.64. The average Bonchev–Trinajstić information content (AvgIpc) is 2.62. The van der Waals surface area contributed by atoms with Gasteiger partial charge in [0.05, 0.1) is 0 Å². The molecule has 0 bridgehead atoms. The summed E-state index contributed by atoms with van der Waals surface area (Å²) in [5.74, 6) is 0. The number of hydrogen-bond donors (Lipinski definition) is 2. The minimum absolute atomic E-state index is 0.529. The van der Waals surface area contributed by atoms with Gasteiger partial charge in [-0.2, -0.15) is 0 Å². The third-order valence-corrected chi connectivity index (χ3v) is 3.47. The van der Waals surface area contributed by atoms with E-state index in [0.717, 1.165) is 22.3 Å². The van der Waals surface area contributed by atoms with E-state index in [-0.39, 0.29) is 0 Å². The summed E-state index contributed by atoms with van der Waals surface area (Å²) in [7, 11) is 1.86. The van der Waals surface area contributed by atoms with Gasteiger partial charge in [-0.05, 0) is 29.3 Å². The van der Waals surface area contributed by atoms with Crippen molar-refractivity contribution in [3.05, 3.63) is 59.7 Å². The lowest BCUT2D eigenvalue weighted by molar-refractivity contribution is 0.0871. The van der Waals surface area contributed by atoms with E-state index in [2.05, 4.69) is 17.4 Å². The fraction of sp³-hybridized carbons (Fsp3) is 0.200. The van der Waals surface area contributed by atoms with E-state index in [1.807, 2.05) is 43.4 Å². The Kier molecular flexibility index (Phi) is 2.28. The molecule has 0 aromatic heterocycles. The van der Waals surface area contributed by atoms with Crippen LogP contribution in [0, 0.1) is 0 Å². The zero-order valence-electron chi connectivity index (χ0n) is 9.77. The van der Waals surface area contributed by atoms with Gasteiger partial charge in [-0.25, -0.2) is 0 Å². The number of nitrogens with one attached hydrogen (secondary N) is 1. The first-order chi connectivity index (χ1) is 8.27. The predicted molar refractivity (Wildman–Crippen MR) is 68.8 cm³/mol. The molecule has 0 amide bonds. The number of hydrogen-bond acceptors (Lipinski definition) is 2. The fourth-order valence-electron chi connectivity index (χ4n) is 2.75. The molecule has 0 saturated heterocycles. The molecule has 2 nitrogen and oxygen atoms in total. The second-order valence-corrected chi connectivity index (χ2v) is 4.48. The molecule has 2 aromatic carbocycles. The fourth-order valence-corrected chi connectivity index (χ4v) is 2.75. The largest absolute Gasteiger partial charge is 0.379 e. The quantitative estimate of drug-likeness (QED) is 0.820. The molecule has 0 saturated carbocycles. The van der Waals surface area contributed by atoms with Crippen LogP contribution >= 0.6 is 0 Å². The van der Waals surface area contributed by atoms with Crippen molar-refractivity contribution >= 4 is 0 Å². The Morgan fingerprint density at radius 2 is 1.41 bits per heavy atom. The minimum Gasteiger partial charge on any atom is -0.379 e. The maximum Gasteiger partial charge on any atom is 0.128 e. The maximum atomic E-state index is 10.9. The molecule has 17 heavy (non-hydrogen) atoms. The van der Waals surface area contributed by atoms with Gasteiger partial charge in [0.15, 0.2) is 0 Å². The summed E-state index contributed by atoms with van der Waals surface area (Å²) in [6.45, 7) is 0.529. The number of fused-ring (bicyclic) bond motifs is 3. The summed E-state index contributed by atoms with van der Waals surface area (Å²) in [4.78, 5) is 0. The second-order valence-electron chi connectivity index (χ2n) is 4.48. The van der Waals surface area contributed by atoms with Gasteiger partial charge in [0.2, 0.25) is 0 Å². The Balaban J connectivity index is 2.31. The molecule has 86 valence electrons. The zero-order chi connectivity index (χ0) is 11.9. The molecule has 0 aliphatic heterocycles. The highest BCUT2D eigenvalue weighted by Crippen LogP contribution is 2.46. The smallest absolute Gasteiger partial charge is 0.128 e. The Morgan fingerprint density at radius 3 is 1.88 bits per heavy atom. The van der Waals surface area contributed by atoms with Gasteiger partial charge in [0.25, 0.3) is 0 Å². The van der Waals surface area contributed by atoms with Crippen LogP contribution in [0.3, 0.4) is 0 Å². The minimum atomic E-state index is -0.901. The SMILES string of the molecule is CNCC1(O)c2ccccc2-c2ccccc21. The highest BCUT2D eigenvalue weighted by molar-refractivity contribution is 5.80. The predicted octanol–water partition coefficient (Wildman–Crippen LogP) is 2.12. The Bertz CT molecular complexity index is 517. The Morgan fingerprint density at radius 1 is 0.941 bits per heavy atom. The Labute approximate surface area is 101 Å². The van der Waals surface area contributed by atoms with Crippen LogP contribution in [0.4, 0.5) is 0 Å². The first-order valence-corrected chi connectivity index (χ1v) is 5.84. The van der Waals surface area contributed by atoms with Crippen molar-refractivity contribution in [2.45, 2.75) is 5.60 Å². The lowest BCUT2D eigenvalue weighted by Crippen LogP contribution is -2.35. The number of aliphatic hydroxyl groups is 1. The molecule has 0 heterocycles. The number of benzene rings is 2. The molecule has 0 radical (unpaired) electrons. The van der Waals surface area contributed by atoms with Gasteiger partial charge in [-0.15, -0.1) is 0 Å². The summed E-state index contributed by atoms with van der Waals surface area (Å²) in [6.07, 6.45) is 0. The van der Waals surface area contributed by atoms with Gasteiger partial charge in [-0.1, -0.05) is 48.5 Å². The third kappa shape index (κ3) is 1.35. The third-order valence-electron chi connectivity index (χ3n) is 3.47. The number of likely N-dealkylation sites (N-methyl/N-ethyl adjacent to an activating group) is 1. The van der Waals surface area contributed by atoms with Crippen molar-refractivity contribution in [1.82, 2.24) is 5.32 Å². The zero-order valence-corrected chi connectivity index (χ0v) is 9.77. The first-order valence-electron chi connectivity index (χ1n) is 5.84. The molecule has 1 aliphatic rings. The molecule has 0 atom stereocenters. The normalized spacial score (nSPS) is 15.4. The van der Waals surface area contributed by atoms with Crippen LogP contribution in [-0.2, 0) is 5.60 Å². The lowest BCUT2D eigenvalue weighted by Gasteiger charge is -2.25. The summed E-state index contributed by atoms with van der Waals surface area (Å²) in [6, 6.07) is 16.1. The van der Waals surface area contributed by atoms with Crippen LogP contribution in [0.15, 0.2) is 48.5 Å². The van der Waals surface area contributed by atoms with Crippen LogP contribution < -0.4 is 5.32 Å². The summed E-state index contributed by atoms with van der Waals surface area (Å²) < 4.78 is 0. The molecule has 3 rings (SSSR count). The maximum absolute atomic E-state index is 10.9. The molecule has 1 aliphatic carbocycles. The van der Waals surface area contributed by atoms with Gasteiger partial charge < -0.3 is 10.4 Å². The summed E-state index contributed by atoms with van der Waals surface area (Å²) >= 11 is 0. The molecule has 0 unspecified atom stereocenters. The van der Waals surface area contributed by atoms with E-state index in [1.54, 1.807) is 0 Å². The van der Waals surface area contributed by atoms with E-state index >= 15 is 0 Å². The molecule has 2 heteroatoms. The first kappa shape index (κ1) is 10.5. The molecule has 2 aromatic rings. The number of rotatable bonds is 2. The van der Waals surface area contributed by atoms with Crippen molar-refractivity contribution in [3.63, 3.8) is 0 Å². The van der Waals surface area contributed by atoms with Crippen molar-refractivity contribution in [2.75, 3.05) is 13.6 Å². The summed E-state index contributed by atoms with van der Waals surface area (Å²) in [5, 5.41) is 14.0. The van der Waals surface area contributed by atoms with Crippen molar-refractivity contribution in [3.8, 4) is 11.1 Å². The van der Waals surface area contributed by atoms with Crippen molar-refractivity contribution in [1.29, 1.82) is 0 Å². The molecule has 2 N–H and O–H groups in total. The van der Waals surface area contributed by atoms with E-state index < -0.39 is 5.60 Å². The van der Waals surface area contributed by atoms with Gasteiger partial charge in [0.1, 0.15) is 5.60 Å². The second kappa shape index (κ2) is 3.69. The van der Waals surface area contributed by atoms with Crippen molar-refractivity contribution < 1.29 is 5.11 Å². The van der Waals surface area contributed by atoms with Gasteiger partial charge in [-0.3, -0.25) is 0 Å². The standard InChI is InChI=1S/C15H15NO/c1-16-10-15(17)13-8-4-2-6-11(13)12-7-3-5-9-14(12)15/h2-9,16-17H,10H2,1H3. The molecule has 0 spiro atoms. The van der Waals surface area contributed by atoms with E-state index in [1.165, 1.54) is 0 Å². The summed E-state index contributed by atoms with van der Waals surface area (Å²) in [5.41, 5.74) is 3.37. The topological polar surface area (TPSA) is 32.3 Å². The van der Waals surface area contributed by atoms with Crippen LogP contribution in [0.25, 0.3) is 11.1 Å². The molecular weight excluding hydrogens is 210 g/mol. The van der Waals surface area contributed by atoms with E-state index in [0.29, 0.717) is 6.54 Å². The van der Waals surface area contributed by atoms with Crippen LogP contribution in [0.5, 0.6) is 0 Å². The van der Waals surface area contributed by atoms with Crippen LogP contribution in [-0.4, -0.2) is 18.7 Å². The molecular formula is C15H15NO. The van der Waals surface area contributed by atoms with E-state index in [9.17, 15) is 5.11 Å². The molecule has 0 fully saturated rings. The van der Waals surface area contributed by atoms with Crippen molar-refractivity contribution in [2.24, 2.45) is 0 Å². The van der Waals surface area contributed by atoms with Crippen LogP contribution in [0.1, 0.15) is 11.1 Å². The van der Waals surface area contributed by atoms with Crippen LogP contribution in [0.2, 0.25) is 0 Å². The monoisotopic (exact) mass is 225 g/mol. The van der Waals surface area contributed by atoms with Gasteiger partial charge in [0, 0.05) is 6.54 Å². The van der Waals surface area contributed by atoms with E-state index in [4.69, 9.17) is 0 Å². The highest BCUT2D eigenvalue weighted by atomic mass is 16.3. The lowest BCUT2D eigenvalue weighted by atomic mass is 9.91. The average molecular weight is 225 g/mol. The van der Waals surface area contributed by atoms with Gasteiger partial charge >= 0.3 is 0 Å².